The molecule has 2 saturated heterocycles. The van der Waals surface area contributed by atoms with Gasteiger partial charge in [0.1, 0.15) is 17.6 Å². The SMILES string of the molecule is O=c1c(OC2CCN(S(=O)(=O)c3ccccc3)CC2)c(N2CCN(S(=O)(=O)Cc3ccccc3)CC2)cnn1-c1ccc(F)cc1. The van der Waals surface area contributed by atoms with Crippen molar-refractivity contribution in [2.75, 3.05) is 44.2 Å². The van der Waals surface area contributed by atoms with Gasteiger partial charge in [-0.05, 0) is 54.8 Å². The number of ether oxygens (including phenoxy) is 1. The van der Waals surface area contributed by atoms with E-state index in [9.17, 15) is 26.0 Å². The molecular formula is C32H34FN5O6S2. The Balaban J connectivity index is 1.22. The van der Waals surface area contributed by atoms with Gasteiger partial charge in [-0.1, -0.05) is 48.5 Å². The summed E-state index contributed by atoms with van der Waals surface area (Å²) in [5.74, 6) is -0.526. The van der Waals surface area contributed by atoms with Gasteiger partial charge in [0.2, 0.25) is 25.8 Å². The Morgan fingerprint density at radius 1 is 0.761 bits per heavy atom. The van der Waals surface area contributed by atoms with Gasteiger partial charge in [-0.25, -0.2) is 21.2 Å². The largest absolute Gasteiger partial charge is 0.483 e. The Bertz CT molecular complexity index is 1930. The standard InChI is InChI=1S/C32H34FN5O6S2/c33-26-11-13-27(14-12-26)38-32(39)31(44-28-15-17-37(18-16-28)46(42,43)29-9-5-2-6-10-29)30(23-34-38)35-19-21-36(22-20-35)45(40,41)24-25-7-3-1-4-8-25/h1-14,23,28H,15-22,24H2. The Morgan fingerprint density at radius 3 is 2.00 bits per heavy atom. The fourth-order valence-electron chi connectivity index (χ4n) is 5.71. The molecule has 0 unspecified atom stereocenters. The summed E-state index contributed by atoms with van der Waals surface area (Å²) in [7, 11) is -7.22. The molecule has 2 aliphatic heterocycles. The van der Waals surface area contributed by atoms with Crippen LogP contribution in [0.5, 0.6) is 5.75 Å². The van der Waals surface area contributed by atoms with Crippen molar-refractivity contribution in [3.63, 3.8) is 0 Å². The molecule has 3 aromatic carbocycles. The third kappa shape index (κ3) is 6.84. The van der Waals surface area contributed by atoms with E-state index in [1.54, 1.807) is 54.6 Å². The molecule has 2 aliphatic rings. The zero-order chi connectivity index (χ0) is 32.3. The second kappa shape index (κ2) is 13.3. The molecule has 0 saturated carbocycles. The van der Waals surface area contributed by atoms with Crippen molar-refractivity contribution < 1.29 is 26.0 Å². The van der Waals surface area contributed by atoms with E-state index in [0.29, 0.717) is 42.9 Å². The smallest absolute Gasteiger partial charge is 0.316 e. The topological polar surface area (TPSA) is 122 Å². The highest BCUT2D eigenvalue weighted by atomic mass is 32.2. The van der Waals surface area contributed by atoms with E-state index in [1.165, 1.54) is 39.1 Å². The van der Waals surface area contributed by atoms with Crippen LogP contribution in [0.3, 0.4) is 0 Å². The molecule has 0 aliphatic carbocycles. The van der Waals surface area contributed by atoms with E-state index in [4.69, 9.17) is 4.74 Å². The zero-order valence-electron chi connectivity index (χ0n) is 25.0. The van der Waals surface area contributed by atoms with Crippen LogP contribution < -0.4 is 15.2 Å². The van der Waals surface area contributed by atoms with E-state index < -0.39 is 37.5 Å². The number of rotatable bonds is 9. The number of nitrogens with zero attached hydrogens (tertiary/aromatic N) is 5. The van der Waals surface area contributed by atoms with Crippen molar-refractivity contribution in [3.8, 4) is 11.4 Å². The number of hydrogen-bond donors (Lipinski definition) is 0. The molecule has 11 nitrogen and oxygen atoms in total. The average molecular weight is 668 g/mol. The molecular weight excluding hydrogens is 634 g/mol. The molecule has 14 heteroatoms. The summed E-state index contributed by atoms with van der Waals surface area (Å²) in [5.41, 5.74) is 0.922. The summed E-state index contributed by atoms with van der Waals surface area (Å²) in [6.45, 7) is 1.47. The predicted octanol–water partition coefficient (Wildman–Crippen LogP) is 3.26. The number of piperazine rings is 1. The number of aromatic nitrogens is 2. The van der Waals surface area contributed by atoms with Crippen molar-refractivity contribution in [1.82, 2.24) is 18.4 Å². The first-order valence-corrected chi connectivity index (χ1v) is 18.0. The van der Waals surface area contributed by atoms with Crippen molar-refractivity contribution in [1.29, 1.82) is 0 Å². The molecule has 4 aromatic rings. The van der Waals surface area contributed by atoms with Crippen LogP contribution in [0.25, 0.3) is 5.69 Å². The maximum absolute atomic E-state index is 13.9. The highest BCUT2D eigenvalue weighted by Gasteiger charge is 2.33. The second-order valence-electron chi connectivity index (χ2n) is 11.2. The van der Waals surface area contributed by atoms with Gasteiger partial charge in [0.25, 0.3) is 0 Å². The summed E-state index contributed by atoms with van der Waals surface area (Å²) in [5, 5.41) is 4.35. The number of piperidine rings is 1. The summed E-state index contributed by atoms with van der Waals surface area (Å²) >= 11 is 0. The molecule has 6 rings (SSSR count). The monoisotopic (exact) mass is 667 g/mol. The van der Waals surface area contributed by atoms with Crippen LogP contribution in [-0.2, 0) is 25.8 Å². The molecule has 2 fully saturated rings. The van der Waals surface area contributed by atoms with Crippen LogP contribution in [0.4, 0.5) is 10.1 Å². The van der Waals surface area contributed by atoms with Crippen LogP contribution in [-0.4, -0.2) is 80.6 Å². The van der Waals surface area contributed by atoms with Gasteiger partial charge in [-0.3, -0.25) is 4.79 Å². The van der Waals surface area contributed by atoms with Crippen molar-refractivity contribution in [2.45, 2.75) is 29.6 Å². The molecule has 242 valence electrons. The number of halogens is 1. The minimum Gasteiger partial charge on any atom is -0.483 e. The van der Waals surface area contributed by atoms with Gasteiger partial charge >= 0.3 is 5.56 Å². The third-order valence-corrected chi connectivity index (χ3v) is 12.0. The molecule has 0 atom stereocenters. The van der Waals surface area contributed by atoms with E-state index in [2.05, 4.69) is 5.10 Å². The summed E-state index contributed by atoms with van der Waals surface area (Å²) in [6.07, 6.45) is 1.76. The fourth-order valence-corrected chi connectivity index (χ4v) is 8.72. The van der Waals surface area contributed by atoms with Gasteiger partial charge in [0.15, 0.2) is 0 Å². The number of benzene rings is 3. The maximum atomic E-state index is 13.9. The van der Waals surface area contributed by atoms with Gasteiger partial charge < -0.3 is 9.64 Å². The third-order valence-electron chi connectivity index (χ3n) is 8.22. The minimum absolute atomic E-state index is 0.0317. The summed E-state index contributed by atoms with van der Waals surface area (Å²) in [6, 6.07) is 22.6. The Labute approximate surface area is 267 Å². The lowest BCUT2D eigenvalue weighted by atomic mass is 10.1. The lowest BCUT2D eigenvalue weighted by Gasteiger charge is -2.36. The van der Waals surface area contributed by atoms with Crippen molar-refractivity contribution >= 4 is 25.7 Å². The normalized spacial score (nSPS) is 17.2. The first-order chi connectivity index (χ1) is 22.1. The molecule has 0 N–H and O–H groups in total. The average Bonchev–Trinajstić information content (AvgIpc) is 3.07. The van der Waals surface area contributed by atoms with Gasteiger partial charge in [-0.2, -0.15) is 18.4 Å². The quantitative estimate of drug-likeness (QED) is 0.267. The van der Waals surface area contributed by atoms with Crippen LogP contribution >= 0.6 is 0 Å². The molecule has 0 bridgehead atoms. The van der Waals surface area contributed by atoms with E-state index in [0.717, 1.165) is 4.68 Å². The van der Waals surface area contributed by atoms with E-state index >= 15 is 0 Å². The van der Waals surface area contributed by atoms with Crippen LogP contribution in [0.1, 0.15) is 18.4 Å². The highest BCUT2D eigenvalue weighted by molar-refractivity contribution is 7.89. The van der Waals surface area contributed by atoms with Crippen molar-refractivity contribution in [3.05, 3.63) is 113 Å². The first kappa shape index (κ1) is 31.9. The number of sulfonamides is 2. The second-order valence-corrected chi connectivity index (χ2v) is 15.1. The van der Waals surface area contributed by atoms with Crippen LogP contribution in [0.2, 0.25) is 0 Å². The van der Waals surface area contributed by atoms with Gasteiger partial charge in [0.05, 0.1) is 22.5 Å². The number of hydrogen-bond acceptors (Lipinski definition) is 8. The predicted molar refractivity (Wildman–Crippen MR) is 171 cm³/mol. The molecule has 0 radical (unpaired) electrons. The fraction of sp³-hybridized carbons (Fsp3) is 0.312. The highest BCUT2D eigenvalue weighted by Crippen LogP contribution is 2.30. The lowest BCUT2D eigenvalue weighted by Crippen LogP contribution is -2.49. The molecule has 46 heavy (non-hydrogen) atoms. The number of anilines is 1. The Hall–Kier alpha value is -4.11. The van der Waals surface area contributed by atoms with E-state index in [-0.39, 0.29) is 42.6 Å². The van der Waals surface area contributed by atoms with Crippen LogP contribution in [0, 0.1) is 5.82 Å². The van der Waals surface area contributed by atoms with Crippen molar-refractivity contribution in [2.24, 2.45) is 0 Å². The molecule has 3 heterocycles. The summed E-state index contributed by atoms with van der Waals surface area (Å²) in [4.78, 5) is 16.0. The van der Waals surface area contributed by atoms with Gasteiger partial charge in [0, 0.05) is 39.3 Å². The van der Waals surface area contributed by atoms with Crippen LogP contribution in [0.15, 0.2) is 101 Å². The summed E-state index contributed by atoms with van der Waals surface area (Å²) < 4.78 is 76.5. The molecule has 1 aromatic heterocycles. The van der Waals surface area contributed by atoms with E-state index in [1.807, 2.05) is 11.0 Å². The Kier molecular flexibility index (Phi) is 9.22. The lowest BCUT2D eigenvalue weighted by molar-refractivity contribution is 0.133. The van der Waals surface area contributed by atoms with Gasteiger partial charge in [-0.15, -0.1) is 0 Å². The maximum Gasteiger partial charge on any atom is 0.316 e. The Morgan fingerprint density at radius 2 is 1.37 bits per heavy atom. The zero-order valence-corrected chi connectivity index (χ0v) is 26.6. The molecule has 0 spiro atoms. The first-order valence-electron chi connectivity index (χ1n) is 15.0. The minimum atomic E-state index is -3.67. The molecule has 0 amide bonds.